The lowest BCUT2D eigenvalue weighted by atomic mass is 10.1. The van der Waals surface area contributed by atoms with Gasteiger partial charge in [0, 0.05) is 12.2 Å². The Morgan fingerprint density at radius 3 is 2.78 bits per heavy atom. The molecule has 0 aliphatic rings. The molecule has 1 heterocycles. The summed E-state index contributed by atoms with van der Waals surface area (Å²) in [4.78, 5) is 15.9. The van der Waals surface area contributed by atoms with Gasteiger partial charge in [0.05, 0.1) is 5.56 Å². The van der Waals surface area contributed by atoms with E-state index < -0.39 is 6.04 Å². The number of amides is 1. The molecule has 0 aliphatic carbocycles. The van der Waals surface area contributed by atoms with E-state index in [1.807, 2.05) is 26.8 Å². The van der Waals surface area contributed by atoms with Gasteiger partial charge < -0.3 is 10.6 Å². The van der Waals surface area contributed by atoms with E-state index in [1.54, 1.807) is 6.92 Å². The number of aromatic nitrogens is 1. The molecule has 1 aromatic rings. The van der Waals surface area contributed by atoms with E-state index in [9.17, 15) is 4.79 Å². The molecule has 0 saturated carbocycles. The van der Waals surface area contributed by atoms with Gasteiger partial charge in [0.2, 0.25) is 5.91 Å². The van der Waals surface area contributed by atoms with Crippen molar-refractivity contribution < 1.29 is 4.79 Å². The van der Waals surface area contributed by atoms with Crippen molar-refractivity contribution in [3.8, 4) is 6.07 Å². The van der Waals surface area contributed by atoms with Crippen LogP contribution >= 0.6 is 0 Å². The van der Waals surface area contributed by atoms with Crippen molar-refractivity contribution in [3.05, 3.63) is 22.9 Å². The molecule has 1 aromatic heterocycles. The maximum Gasteiger partial charge on any atom is 0.242 e. The van der Waals surface area contributed by atoms with Crippen molar-refractivity contribution in [2.75, 3.05) is 11.9 Å². The Labute approximate surface area is 107 Å². The van der Waals surface area contributed by atoms with Gasteiger partial charge in [-0.25, -0.2) is 4.98 Å². The smallest absolute Gasteiger partial charge is 0.242 e. The lowest BCUT2D eigenvalue weighted by Crippen LogP contribution is -2.37. The fourth-order valence-corrected chi connectivity index (χ4v) is 1.68. The van der Waals surface area contributed by atoms with E-state index in [0.29, 0.717) is 17.9 Å². The monoisotopic (exact) mass is 246 g/mol. The van der Waals surface area contributed by atoms with Crippen LogP contribution in [0, 0.1) is 25.2 Å². The first-order valence-electron chi connectivity index (χ1n) is 5.92. The molecule has 2 N–H and O–H groups in total. The molecular formula is C13H18N4O. The Morgan fingerprint density at radius 1 is 1.56 bits per heavy atom. The van der Waals surface area contributed by atoms with Gasteiger partial charge in [-0.05, 0) is 39.3 Å². The molecule has 1 atom stereocenters. The second-order valence-electron chi connectivity index (χ2n) is 4.18. The number of carbonyl (C=O) groups excluding carboxylic acids is 1. The predicted octanol–water partition coefficient (Wildman–Crippen LogP) is 1.51. The van der Waals surface area contributed by atoms with E-state index in [4.69, 9.17) is 5.26 Å². The van der Waals surface area contributed by atoms with Gasteiger partial charge in [0.25, 0.3) is 0 Å². The Bertz CT molecular complexity index is 490. The molecular weight excluding hydrogens is 228 g/mol. The predicted molar refractivity (Wildman–Crippen MR) is 70.2 cm³/mol. The number of pyridine rings is 1. The zero-order valence-corrected chi connectivity index (χ0v) is 11.2. The van der Waals surface area contributed by atoms with Crippen molar-refractivity contribution in [1.29, 1.82) is 5.26 Å². The average Bonchev–Trinajstić information content (AvgIpc) is 2.28. The quantitative estimate of drug-likeness (QED) is 0.844. The number of anilines is 1. The van der Waals surface area contributed by atoms with Crippen LogP contribution in [-0.2, 0) is 4.79 Å². The minimum absolute atomic E-state index is 0.109. The number of likely N-dealkylation sites (N-methyl/N-ethyl adjacent to an activating group) is 1. The summed E-state index contributed by atoms with van der Waals surface area (Å²) in [5.74, 6) is 0.358. The average molecular weight is 246 g/mol. The first-order chi connectivity index (χ1) is 8.49. The number of hydrogen-bond donors (Lipinski definition) is 2. The molecule has 96 valence electrons. The molecule has 0 aromatic carbocycles. The fourth-order valence-electron chi connectivity index (χ4n) is 1.68. The van der Waals surface area contributed by atoms with Crippen LogP contribution in [0.25, 0.3) is 0 Å². The number of aryl methyl sites for hydroxylation is 2. The van der Waals surface area contributed by atoms with Crippen LogP contribution in [0.3, 0.4) is 0 Å². The summed E-state index contributed by atoms with van der Waals surface area (Å²) in [7, 11) is 0. The summed E-state index contributed by atoms with van der Waals surface area (Å²) in [6, 6.07) is 3.53. The Morgan fingerprint density at radius 2 is 2.22 bits per heavy atom. The van der Waals surface area contributed by atoms with Gasteiger partial charge in [-0.3, -0.25) is 4.79 Å². The van der Waals surface area contributed by atoms with Crippen LogP contribution in [0.4, 0.5) is 5.82 Å². The Kier molecular flexibility index (Phi) is 4.67. The van der Waals surface area contributed by atoms with Crippen LogP contribution in [0.1, 0.15) is 30.7 Å². The van der Waals surface area contributed by atoms with Gasteiger partial charge in [-0.2, -0.15) is 5.26 Å². The molecule has 5 heteroatoms. The summed E-state index contributed by atoms with van der Waals surface area (Å²) in [5, 5.41) is 14.8. The van der Waals surface area contributed by atoms with E-state index in [-0.39, 0.29) is 5.91 Å². The molecule has 0 aliphatic heterocycles. The van der Waals surface area contributed by atoms with Crippen molar-refractivity contribution in [2.24, 2.45) is 0 Å². The lowest BCUT2D eigenvalue weighted by Gasteiger charge is -2.16. The van der Waals surface area contributed by atoms with Crippen molar-refractivity contribution in [2.45, 2.75) is 33.7 Å². The van der Waals surface area contributed by atoms with Crippen molar-refractivity contribution >= 4 is 11.7 Å². The molecule has 0 bridgehead atoms. The van der Waals surface area contributed by atoms with Crippen LogP contribution in [0.5, 0.6) is 0 Å². The van der Waals surface area contributed by atoms with Gasteiger partial charge in [0.15, 0.2) is 0 Å². The standard InChI is InChI=1S/C13H18N4O/c1-5-15-13(18)10(4)17-12-11(7-14)8(2)6-9(3)16-12/h6,10H,5H2,1-4H3,(H,15,18)(H,16,17). The van der Waals surface area contributed by atoms with Crippen molar-refractivity contribution in [3.63, 3.8) is 0 Å². The molecule has 0 saturated heterocycles. The summed E-state index contributed by atoms with van der Waals surface area (Å²) in [5.41, 5.74) is 2.16. The van der Waals surface area contributed by atoms with Crippen LogP contribution in [0.15, 0.2) is 6.07 Å². The molecule has 0 radical (unpaired) electrons. The van der Waals surface area contributed by atoms with Crippen molar-refractivity contribution in [1.82, 2.24) is 10.3 Å². The molecule has 18 heavy (non-hydrogen) atoms. The maximum absolute atomic E-state index is 11.6. The highest BCUT2D eigenvalue weighted by atomic mass is 16.2. The lowest BCUT2D eigenvalue weighted by molar-refractivity contribution is -0.121. The zero-order valence-electron chi connectivity index (χ0n) is 11.2. The van der Waals surface area contributed by atoms with Gasteiger partial charge in [0.1, 0.15) is 17.9 Å². The normalized spacial score (nSPS) is 11.5. The van der Waals surface area contributed by atoms with Gasteiger partial charge in [-0.15, -0.1) is 0 Å². The topological polar surface area (TPSA) is 77.8 Å². The maximum atomic E-state index is 11.6. The highest BCUT2D eigenvalue weighted by Gasteiger charge is 2.15. The van der Waals surface area contributed by atoms with Gasteiger partial charge in [-0.1, -0.05) is 0 Å². The number of nitriles is 1. The highest BCUT2D eigenvalue weighted by Crippen LogP contribution is 2.18. The number of carbonyl (C=O) groups is 1. The third-order valence-corrected chi connectivity index (χ3v) is 2.55. The first kappa shape index (κ1) is 14.0. The Hall–Kier alpha value is -2.09. The summed E-state index contributed by atoms with van der Waals surface area (Å²) in [6.07, 6.45) is 0. The molecule has 0 spiro atoms. The van der Waals surface area contributed by atoms with E-state index in [1.165, 1.54) is 0 Å². The summed E-state index contributed by atoms with van der Waals surface area (Å²) >= 11 is 0. The van der Waals surface area contributed by atoms with Gasteiger partial charge >= 0.3 is 0 Å². The minimum atomic E-state index is -0.425. The highest BCUT2D eigenvalue weighted by molar-refractivity contribution is 5.84. The molecule has 1 amide bonds. The third kappa shape index (κ3) is 3.20. The minimum Gasteiger partial charge on any atom is -0.358 e. The second-order valence-corrected chi connectivity index (χ2v) is 4.18. The number of nitrogens with zero attached hydrogens (tertiary/aromatic N) is 2. The molecule has 5 nitrogen and oxygen atoms in total. The number of rotatable bonds is 4. The molecule has 1 unspecified atom stereocenters. The largest absolute Gasteiger partial charge is 0.358 e. The Balaban J connectivity index is 2.97. The molecule has 1 rings (SSSR count). The van der Waals surface area contributed by atoms with Crippen LogP contribution in [0.2, 0.25) is 0 Å². The first-order valence-corrected chi connectivity index (χ1v) is 5.92. The SMILES string of the molecule is CCNC(=O)C(C)Nc1nc(C)cc(C)c1C#N. The zero-order chi connectivity index (χ0) is 13.7. The summed E-state index contributed by atoms with van der Waals surface area (Å²) < 4.78 is 0. The molecule has 0 fully saturated rings. The number of hydrogen-bond acceptors (Lipinski definition) is 4. The fraction of sp³-hybridized carbons (Fsp3) is 0.462. The second kappa shape index (κ2) is 6.01. The van der Waals surface area contributed by atoms with E-state index in [2.05, 4.69) is 21.7 Å². The number of nitrogens with one attached hydrogen (secondary N) is 2. The summed E-state index contributed by atoms with van der Waals surface area (Å²) in [6.45, 7) is 7.90. The van der Waals surface area contributed by atoms with Crippen LogP contribution < -0.4 is 10.6 Å². The third-order valence-electron chi connectivity index (χ3n) is 2.55. The van der Waals surface area contributed by atoms with E-state index in [0.717, 1.165) is 11.3 Å². The van der Waals surface area contributed by atoms with Crippen LogP contribution in [-0.4, -0.2) is 23.5 Å². The van der Waals surface area contributed by atoms with E-state index >= 15 is 0 Å².